The van der Waals surface area contributed by atoms with E-state index in [1.54, 1.807) is 19.0 Å². The molecule has 1 fully saturated rings. The van der Waals surface area contributed by atoms with Gasteiger partial charge in [-0.25, -0.2) is 4.79 Å². The van der Waals surface area contributed by atoms with Crippen LogP contribution >= 0.6 is 0 Å². The molecule has 0 unspecified atom stereocenters. The molecule has 1 saturated heterocycles. The number of rotatable bonds is 6. The zero-order valence-electron chi connectivity index (χ0n) is 13.4. The highest BCUT2D eigenvalue weighted by Crippen LogP contribution is 2.20. The first-order chi connectivity index (χ1) is 10.4. The lowest BCUT2D eigenvalue weighted by Crippen LogP contribution is -2.48. The van der Waals surface area contributed by atoms with Gasteiger partial charge in [-0.3, -0.25) is 9.59 Å². The summed E-state index contributed by atoms with van der Waals surface area (Å²) in [5.41, 5.74) is 0. The van der Waals surface area contributed by atoms with E-state index in [0.29, 0.717) is 32.5 Å². The molecule has 126 valence electrons. The number of hydrogen-bond acceptors (Lipinski definition) is 4. The van der Waals surface area contributed by atoms with Gasteiger partial charge in [0, 0.05) is 46.8 Å². The highest BCUT2D eigenvalue weighted by molar-refractivity contribution is 5.83. The molecule has 1 N–H and O–H groups in total. The average Bonchev–Trinajstić information content (AvgIpc) is 2.49. The van der Waals surface area contributed by atoms with Gasteiger partial charge in [-0.1, -0.05) is 0 Å². The maximum absolute atomic E-state index is 12.4. The monoisotopic (exact) mass is 315 g/mol. The first kappa shape index (κ1) is 18.2. The van der Waals surface area contributed by atoms with Crippen molar-refractivity contribution in [1.29, 1.82) is 0 Å². The summed E-state index contributed by atoms with van der Waals surface area (Å²) in [5.74, 6) is -1.44. The van der Waals surface area contributed by atoms with Crippen molar-refractivity contribution in [3.05, 3.63) is 0 Å². The van der Waals surface area contributed by atoms with Gasteiger partial charge < -0.3 is 24.5 Å². The lowest BCUT2D eigenvalue weighted by molar-refractivity contribution is -0.147. The Bertz CT molecular complexity index is 405. The van der Waals surface area contributed by atoms with Crippen LogP contribution in [-0.4, -0.2) is 91.7 Å². The van der Waals surface area contributed by atoms with Crippen LogP contribution in [0.1, 0.15) is 12.8 Å². The lowest BCUT2D eigenvalue weighted by Gasteiger charge is -2.35. The summed E-state index contributed by atoms with van der Waals surface area (Å²) in [5, 5.41) is 8.91. The van der Waals surface area contributed by atoms with Crippen LogP contribution in [0.15, 0.2) is 0 Å². The van der Waals surface area contributed by atoms with Gasteiger partial charge in [0.25, 0.3) is 0 Å². The standard InChI is InChI=1S/C14H25N3O5/c1-15(2)14(21)16-6-4-11(5-7-16)13(20)17(8-9-22-3)10-12(18)19/h11H,4-10H2,1-3H3,(H,18,19). The molecule has 1 aliphatic rings. The first-order valence-electron chi connectivity index (χ1n) is 7.32. The molecule has 3 amide bonds. The Morgan fingerprint density at radius 3 is 2.27 bits per heavy atom. The van der Waals surface area contributed by atoms with Gasteiger partial charge in [-0.15, -0.1) is 0 Å². The molecule has 8 heteroatoms. The van der Waals surface area contributed by atoms with Crippen LogP contribution < -0.4 is 0 Å². The highest BCUT2D eigenvalue weighted by Gasteiger charge is 2.31. The van der Waals surface area contributed by atoms with E-state index in [0.717, 1.165) is 0 Å². The van der Waals surface area contributed by atoms with Gasteiger partial charge in [0.05, 0.1) is 6.61 Å². The van der Waals surface area contributed by atoms with Crippen molar-refractivity contribution >= 4 is 17.9 Å². The van der Waals surface area contributed by atoms with Gasteiger partial charge in [0.15, 0.2) is 0 Å². The van der Waals surface area contributed by atoms with Crippen LogP contribution in [0.4, 0.5) is 4.79 Å². The molecule has 0 aliphatic carbocycles. The minimum absolute atomic E-state index is 0.0623. The van der Waals surface area contributed by atoms with Gasteiger partial charge in [0.2, 0.25) is 5.91 Å². The van der Waals surface area contributed by atoms with E-state index in [4.69, 9.17) is 9.84 Å². The molecular formula is C14H25N3O5. The fourth-order valence-corrected chi connectivity index (χ4v) is 2.49. The van der Waals surface area contributed by atoms with Crippen LogP contribution in [0.25, 0.3) is 0 Å². The molecule has 8 nitrogen and oxygen atoms in total. The zero-order valence-corrected chi connectivity index (χ0v) is 13.4. The smallest absolute Gasteiger partial charge is 0.323 e. The number of ether oxygens (including phenoxy) is 1. The number of carbonyl (C=O) groups excluding carboxylic acids is 2. The van der Waals surface area contributed by atoms with E-state index in [1.165, 1.54) is 16.9 Å². The second kappa shape index (κ2) is 8.57. The number of urea groups is 1. The lowest BCUT2D eigenvalue weighted by atomic mass is 9.95. The third-order valence-electron chi connectivity index (χ3n) is 3.70. The Morgan fingerprint density at radius 2 is 1.82 bits per heavy atom. The number of carboxylic acids is 1. The Balaban J connectivity index is 2.57. The number of methoxy groups -OCH3 is 1. The zero-order chi connectivity index (χ0) is 16.7. The SMILES string of the molecule is COCCN(CC(=O)O)C(=O)C1CCN(C(=O)N(C)C)CC1. The summed E-state index contributed by atoms with van der Waals surface area (Å²) in [6.07, 6.45) is 1.11. The topological polar surface area (TPSA) is 90.4 Å². The van der Waals surface area contributed by atoms with Gasteiger partial charge >= 0.3 is 12.0 Å². The first-order valence-corrected chi connectivity index (χ1v) is 7.32. The Morgan fingerprint density at radius 1 is 1.23 bits per heavy atom. The minimum atomic E-state index is -1.04. The number of amides is 3. The molecule has 1 heterocycles. The normalized spacial score (nSPS) is 15.5. The van der Waals surface area contributed by atoms with E-state index in [1.807, 2.05) is 0 Å². The summed E-state index contributed by atoms with van der Waals surface area (Å²) in [7, 11) is 4.90. The van der Waals surface area contributed by atoms with E-state index >= 15 is 0 Å². The molecule has 0 atom stereocenters. The number of piperidine rings is 1. The molecule has 0 aromatic heterocycles. The summed E-state index contributed by atoms with van der Waals surface area (Å²) in [6, 6.07) is -0.0623. The molecule has 0 bridgehead atoms. The second-order valence-corrected chi connectivity index (χ2v) is 5.58. The van der Waals surface area contributed by atoms with Gasteiger partial charge in [-0.2, -0.15) is 0 Å². The molecule has 0 saturated carbocycles. The van der Waals surface area contributed by atoms with Crippen LogP contribution in [-0.2, 0) is 14.3 Å². The Kier molecular flexibility index (Phi) is 7.10. The maximum Gasteiger partial charge on any atom is 0.323 e. The number of nitrogens with zero attached hydrogens (tertiary/aromatic N) is 3. The highest BCUT2D eigenvalue weighted by atomic mass is 16.5. The van der Waals surface area contributed by atoms with E-state index in [-0.39, 0.29) is 30.9 Å². The van der Waals surface area contributed by atoms with Gasteiger partial charge in [-0.05, 0) is 12.8 Å². The summed E-state index contributed by atoms with van der Waals surface area (Å²) in [6.45, 7) is 1.27. The average molecular weight is 315 g/mol. The third kappa shape index (κ3) is 5.18. The van der Waals surface area contributed by atoms with Crippen molar-refractivity contribution in [2.45, 2.75) is 12.8 Å². The Labute approximate surface area is 130 Å². The Hall–Kier alpha value is -1.83. The van der Waals surface area contributed by atoms with Crippen LogP contribution in [0.5, 0.6) is 0 Å². The fraction of sp³-hybridized carbons (Fsp3) is 0.786. The molecule has 0 aromatic rings. The van der Waals surface area contributed by atoms with Gasteiger partial charge in [0.1, 0.15) is 6.54 Å². The number of hydrogen-bond donors (Lipinski definition) is 1. The number of carbonyl (C=O) groups is 3. The number of likely N-dealkylation sites (tertiary alicyclic amines) is 1. The summed E-state index contributed by atoms with van der Waals surface area (Å²) in [4.78, 5) is 39.7. The number of carboxylic acid groups (broad SMARTS) is 1. The molecule has 0 radical (unpaired) electrons. The van der Waals surface area contributed by atoms with Crippen LogP contribution in [0.3, 0.4) is 0 Å². The maximum atomic E-state index is 12.4. The molecular weight excluding hydrogens is 290 g/mol. The van der Waals surface area contributed by atoms with Crippen molar-refractivity contribution in [3.63, 3.8) is 0 Å². The predicted molar refractivity (Wildman–Crippen MR) is 79.5 cm³/mol. The molecule has 0 spiro atoms. The minimum Gasteiger partial charge on any atom is -0.480 e. The van der Waals surface area contributed by atoms with Crippen molar-refractivity contribution in [2.24, 2.45) is 5.92 Å². The van der Waals surface area contributed by atoms with E-state index in [9.17, 15) is 14.4 Å². The molecule has 1 aliphatic heterocycles. The largest absolute Gasteiger partial charge is 0.480 e. The molecule has 1 rings (SSSR count). The second-order valence-electron chi connectivity index (χ2n) is 5.58. The van der Waals surface area contributed by atoms with E-state index in [2.05, 4.69) is 0 Å². The number of aliphatic carboxylic acids is 1. The van der Waals surface area contributed by atoms with Crippen LogP contribution in [0, 0.1) is 5.92 Å². The third-order valence-corrected chi connectivity index (χ3v) is 3.70. The van der Waals surface area contributed by atoms with Crippen molar-refractivity contribution in [1.82, 2.24) is 14.7 Å². The quantitative estimate of drug-likeness (QED) is 0.741. The molecule has 22 heavy (non-hydrogen) atoms. The van der Waals surface area contributed by atoms with Crippen molar-refractivity contribution in [3.8, 4) is 0 Å². The molecule has 0 aromatic carbocycles. The van der Waals surface area contributed by atoms with Crippen LogP contribution in [0.2, 0.25) is 0 Å². The fourth-order valence-electron chi connectivity index (χ4n) is 2.49. The van der Waals surface area contributed by atoms with Crippen molar-refractivity contribution < 1.29 is 24.2 Å². The van der Waals surface area contributed by atoms with Crippen molar-refractivity contribution in [2.75, 3.05) is 54.0 Å². The predicted octanol–water partition coefficient (Wildman–Crippen LogP) is -0.0604. The summed E-state index contributed by atoms with van der Waals surface area (Å²) >= 11 is 0. The summed E-state index contributed by atoms with van der Waals surface area (Å²) < 4.78 is 4.92. The van der Waals surface area contributed by atoms with E-state index < -0.39 is 5.97 Å².